The summed E-state index contributed by atoms with van der Waals surface area (Å²) in [6, 6.07) is 0. The average molecular weight is 122 g/mol. The fourth-order valence-electron chi connectivity index (χ4n) is 0. The number of nitrogens with zero attached hydrogens (tertiary/aromatic N) is 1. The Balaban J connectivity index is -0.0000000133. The molecular weight excluding hydrogens is 118 g/mol. The minimum atomic E-state index is 0. The van der Waals surface area contributed by atoms with Gasteiger partial charge in [-0.3, -0.25) is 0 Å². The van der Waals surface area contributed by atoms with E-state index in [2.05, 4.69) is 0 Å². The summed E-state index contributed by atoms with van der Waals surface area (Å²) < 4.78 is 0. The Kier molecular flexibility index (Phi) is 152000. The van der Waals surface area contributed by atoms with E-state index >= 15 is 0 Å². The van der Waals surface area contributed by atoms with Gasteiger partial charge in [-0.25, -0.2) is 0 Å². The first-order chi connectivity index (χ1) is 2.00. The van der Waals surface area contributed by atoms with Gasteiger partial charge in [0.1, 0.15) is 0 Å². The van der Waals surface area contributed by atoms with Crippen molar-refractivity contribution in [2.24, 2.45) is 0 Å². The van der Waals surface area contributed by atoms with Crippen molar-refractivity contribution in [3.8, 4) is 0 Å². The zero-order chi connectivity index (χ0) is 4.00. The second kappa shape index (κ2) is 37600. The van der Waals surface area contributed by atoms with Crippen molar-refractivity contribution in [1.82, 2.24) is 0 Å². The Morgan fingerprint density at radius 2 is 1.40 bits per heavy atom. The first kappa shape index (κ1) is 20.2. The third kappa shape index (κ3) is 16500. The van der Waals surface area contributed by atoms with Gasteiger partial charge in [-0.1, -0.05) is 0 Å². The summed E-state index contributed by atoms with van der Waals surface area (Å²) in [6.45, 7) is 4.75. The van der Waals surface area contributed by atoms with Gasteiger partial charge in [-0.15, -0.1) is 0 Å². The van der Waals surface area contributed by atoms with Gasteiger partial charge in [-0.05, 0) is 0 Å². The van der Waals surface area contributed by atoms with Crippen LogP contribution in [0, 0.1) is 11.8 Å². The van der Waals surface area contributed by atoms with E-state index in [9.17, 15) is 0 Å². The molecule has 2 nitrogen and oxygen atoms in total. The van der Waals surface area contributed by atoms with E-state index in [1.54, 1.807) is 0 Å². The van der Waals surface area contributed by atoms with Crippen molar-refractivity contribution in [1.29, 1.82) is 5.26 Å². The molecule has 0 saturated carbocycles. The molecule has 3 heteroatoms. The molecular formula is C2H4CuNO. The molecule has 0 spiro atoms. The first-order valence-corrected chi connectivity index (χ1v) is 0.671. The maximum Gasteiger partial charge on any atom is 1.00 e. The molecule has 0 heterocycles. The van der Waals surface area contributed by atoms with Gasteiger partial charge in [0.25, 0.3) is 0 Å². The summed E-state index contributed by atoms with van der Waals surface area (Å²) >= 11 is 0. The summed E-state index contributed by atoms with van der Waals surface area (Å²) in [4.78, 5) is 0. The average Bonchev–Trinajstić information content (AvgIpc) is 1.50. The molecule has 0 unspecified atom stereocenters. The summed E-state index contributed by atoms with van der Waals surface area (Å²) in [7, 11) is 1.00. The standard InChI is InChI=1S/CN.CH4O.Cu/c2*1-2;/h;2H,1H3;/q-1;;+1. The molecule has 0 aliphatic heterocycles. The molecule has 0 aromatic rings. The van der Waals surface area contributed by atoms with Crippen LogP contribution in [0.3, 0.4) is 0 Å². The van der Waals surface area contributed by atoms with Crippen LogP contribution in [0.5, 0.6) is 0 Å². The van der Waals surface area contributed by atoms with E-state index in [0.717, 1.165) is 7.11 Å². The van der Waals surface area contributed by atoms with E-state index in [-0.39, 0.29) is 17.1 Å². The van der Waals surface area contributed by atoms with E-state index < -0.39 is 0 Å². The van der Waals surface area contributed by atoms with Crippen LogP contribution in [0.25, 0.3) is 0 Å². The van der Waals surface area contributed by atoms with Crippen molar-refractivity contribution in [3.63, 3.8) is 0 Å². The maximum atomic E-state index is 7.00. The Morgan fingerprint density at radius 3 is 1.40 bits per heavy atom. The van der Waals surface area contributed by atoms with Gasteiger partial charge in [0.2, 0.25) is 0 Å². The molecule has 0 rings (SSSR count). The van der Waals surface area contributed by atoms with Crippen molar-refractivity contribution in [2.45, 2.75) is 0 Å². The summed E-state index contributed by atoms with van der Waals surface area (Å²) in [5.41, 5.74) is 0. The van der Waals surface area contributed by atoms with Gasteiger partial charge in [0.05, 0.1) is 0 Å². The Hall–Kier alpha value is -0.0305. The molecule has 0 fully saturated rings. The van der Waals surface area contributed by atoms with Crippen LogP contribution in [-0.4, -0.2) is 12.2 Å². The summed E-state index contributed by atoms with van der Waals surface area (Å²) in [5.74, 6) is 0. The van der Waals surface area contributed by atoms with E-state index in [0.29, 0.717) is 0 Å². The molecule has 0 saturated heterocycles. The number of hydrogen-bond donors (Lipinski definition) is 1. The maximum absolute atomic E-state index is 7.00. The Bertz CT molecular complexity index is 14.4. The normalized spacial score (nSPS) is 1.60. The van der Waals surface area contributed by atoms with Gasteiger partial charge in [-0.2, -0.15) is 0 Å². The number of rotatable bonds is 0. The molecule has 5 heavy (non-hydrogen) atoms. The van der Waals surface area contributed by atoms with E-state index in [1.165, 1.54) is 0 Å². The fraction of sp³-hybridized carbons (Fsp3) is 0.500. The number of aliphatic hydroxyl groups is 1. The minimum Gasteiger partial charge on any atom is -0.512 e. The molecule has 0 amide bonds. The van der Waals surface area contributed by atoms with Crippen molar-refractivity contribution < 1.29 is 22.2 Å². The summed E-state index contributed by atoms with van der Waals surface area (Å²) in [5, 5.41) is 13.2. The SMILES string of the molecule is CO.[C-]#N.[Cu+]. The van der Waals surface area contributed by atoms with E-state index in [1.807, 2.05) is 0 Å². The Morgan fingerprint density at radius 1 is 1.40 bits per heavy atom. The largest absolute Gasteiger partial charge is 1.00 e. The second-order valence-corrected chi connectivity index (χ2v) is 0. The van der Waals surface area contributed by atoms with Crippen LogP contribution in [0.2, 0.25) is 0 Å². The van der Waals surface area contributed by atoms with Crippen LogP contribution in [0.15, 0.2) is 0 Å². The molecule has 0 aromatic heterocycles. The molecule has 0 aliphatic carbocycles. The first-order valence-electron chi connectivity index (χ1n) is 0.671. The van der Waals surface area contributed by atoms with Gasteiger partial charge in [0.15, 0.2) is 0 Å². The molecule has 34 valence electrons. The molecule has 0 atom stereocenters. The molecule has 0 aliphatic rings. The summed E-state index contributed by atoms with van der Waals surface area (Å²) in [6.07, 6.45) is 0. The minimum absolute atomic E-state index is 0. The predicted molar refractivity (Wildman–Crippen MR) is 13.1 cm³/mol. The zero-order valence-electron chi connectivity index (χ0n) is 2.70. The number of aliphatic hydroxyl groups excluding tert-OH is 1. The van der Waals surface area contributed by atoms with E-state index in [4.69, 9.17) is 16.9 Å². The van der Waals surface area contributed by atoms with Gasteiger partial charge < -0.3 is 16.9 Å². The smallest absolute Gasteiger partial charge is 0.512 e. The van der Waals surface area contributed by atoms with Crippen LogP contribution in [0.1, 0.15) is 0 Å². The molecule has 0 aromatic carbocycles. The predicted octanol–water partition coefficient (Wildman–Crippen LogP) is -0.298. The quantitative estimate of drug-likeness (QED) is 0.353. The monoisotopic (exact) mass is 121 g/mol. The Labute approximate surface area is 41.9 Å². The number of hydrogen-bond acceptors (Lipinski definition) is 2. The van der Waals surface area contributed by atoms with Crippen LogP contribution >= 0.6 is 0 Å². The van der Waals surface area contributed by atoms with Crippen LogP contribution in [-0.2, 0) is 17.1 Å². The topological polar surface area (TPSA) is 44.0 Å². The van der Waals surface area contributed by atoms with Crippen molar-refractivity contribution in [2.75, 3.05) is 7.11 Å². The van der Waals surface area contributed by atoms with Crippen molar-refractivity contribution >= 4 is 0 Å². The third-order valence-electron chi connectivity index (χ3n) is 0. The molecule has 0 bridgehead atoms. The van der Waals surface area contributed by atoms with Crippen LogP contribution in [0.4, 0.5) is 0 Å². The second-order valence-electron chi connectivity index (χ2n) is 0. The zero-order valence-corrected chi connectivity index (χ0v) is 3.64. The van der Waals surface area contributed by atoms with Gasteiger partial charge >= 0.3 is 17.1 Å². The van der Waals surface area contributed by atoms with Crippen molar-refractivity contribution in [3.05, 3.63) is 6.57 Å². The van der Waals surface area contributed by atoms with Crippen LogP contribution < -0.4 is 0 Å². The molecule has 1 N–H and O–H groups in total. The molecule has 0 radical (unpaired) electrons. The third-order valence-corrected chi connectivity index (χ3v) is 0. The fourth-order valence-corrected chi connectivity index (χ4v) is 0. The van der Waals surface area contributed by atoms with Gasteiger partial charge in [0, 0.05) is 7.11 Å².